The molecule has 3 nitrogen and oxygen atoms in total. The first-order chi connectivity index (χ1) is 8.01. The molecule has 1 aromatic carbocycles. The summed E-state index contributed by atoms with van der Waals surface area (Å²) in [5, 5.41) is 0.689. The standard InChI is InChI=1S/C13H21ClN2O/c1-8(4-5-15)12(16)11-7-10(14)6-9(2)13(11)17-3/h6-8,12H,4-5,15-16H2,1-3H3. The van der Waals surface area contributed by atoms with E-state index >= 15 is 0 Å². The van der Waals surface area contributed by atoms with Crippen molar-refractivity contribution in [2.24, 2.45) is 17.4 Å². The van der Waals surface area contributed by atoms with Crippen LogP contribution in [0.5, 0.6) is 5.75 Å². The summed E-state index contributed by atoms with van der Waals surface area (Å²) in [6, 6.07) is 3.65. The number of hydrogen-bond acceptors (Lipinski definition) is 3. The van der Waals surface area contributed by atoms with E-state index in [-0.39, 0.29) is 6.04 Å². The lowest BCUT2D eigenvalue weighted by Crippen LogP contribution is -2.22. The van der Waals surface area contributed by atoms with Crippen LogP contribution < -0.4 is 16.2 Å². The van der Waals surface area contributed by atoms with Crippen molar-refractivity contribution in [3.05, 3.63) is 28.3 Å². The van der Waals surface area contributed by atoms with Gasteiger partial charge in [0.1, 0.15) is 5.75 Å². The summed E-state index contributed by atoms with van der Waals surface area (Å²) in [5.74, 6) is 1.12. The highest BCUT2D eigenvalue weighted by molar-refractivity contribution is 6.30. The molecule has 0 aliphatic carbocycles. The molecule has 2 unspecified atom stereocenters. The molecule has 17 heavy (non-hydrogen) atoms. The molecule has 0 spiro atoms. The van der Waals surface area contributed by atoms with Crippen LogP contribution >= 0.6 is 11.6 Å². The molecule has 1 rings (SSSR count). The molecule has 4 N–H and O–H groups in total. The van der Waals surface area contributed by atoms with Gasteiger partial charge in [-0.2, -0.15) is 0 Å². The molecule has 0 saturated heterocycles. The van der Waals surface area contributed by atoms with Crippen LogP contribution in [0.15, 0.2) is 12.1 Å². The molecule has 0 aliphatic rings. The highest BCUT2D eigenvalue weighted by atomic mass is 35.5. The lowest BCUT2D eigenvalue weighted by molar-refractivity contribution is 0.383. The van der Waals surface area contributed by atoms with E-state index in [1.807, 2.05) is 19.1 Å². The molecule has 0 saturated carbocycles. The Morgan fingerprint density at radius 2 is 2.06 bits per heavy atom. The van der Waals surface area contributed by atoms with Crippen LogP contribution in [0.25, 0.3) is 0 Å². The molecule has 0 aliphatic heterocycles. The number of methoxy groups -OCH3 is 1. The van der Waals surface area contributed by atoms with Crippen LogP contribution in [-0.2, 0) is 0 Å². The Morgan fingerprint density at radius 1 is 1.41 bits per heavy atom. The summed E-state index contributed by atoms with van der Waals surface area (Å²) >= 11 is 6.07. The summed E-state index contributed by atoms with van der Waals surface area (Å²) in [4.78, 5) is 0. The molecule has 0 fully saturated rings. The zero-order chi connectivity index (χ0) is 13.0. The predicted octanol–water partition coefficient (Wildman–Crippen LogP) is 2.64. The molecule has 4 heteroatoms. The summed E-state index contributed by atoms with van der Waals surface area (Å²) in [7, 11) is 1.65. The van der Waals surface area contributed by atoms with E-state index in [1.165, 1.54) is 0 Å². The van der Waals surface area contributed by atoms with Crippen LogP contribution in [0, 0.1) is 12.8 Å². The second-order valence-electron chi connectivity index (χ2n) is 4.43. The average Bonchev–Trinajstić information content (AvgIpc) is 2.27. The summed E-state index contributed by atoms with van der Waals surface area (Å²) in [6.07, 6.45) is 0.885. The van der Waals surface area contributed by atoms with Gasteiger partial charge in [-0.1, -0.05) is 18.5 Å². The summed E-state index contributed by atoms with van der Waals surface area (Å²) in [6.45, 7) is 4.69. The average molecular weight is 257 g/mol. The Kier molecular flexibility index (Phi) is 5.25. The Balaban J connectivity index is 3.11. The van der Waals surface area contributed by atoms with E-state index in [1.54, 1.807) is 7.11 Å². The quantitative estimate of drug-likeness (QED) is 0.851. The molecule has 0 radical (unpaired) electrons. The van der Waals surface area contributed by atoms with Gasteiger partial charge in [0, 0.05) is 16.6 Å². The molecule has 0 bridgehead atoms. The van der Waals surface area contributed by atoms with Gasteiger partial charge in [0.05, 0.1) is 7.11 Å². The molecule has 0 aromatic heterocycles. The predicted molar refractivity (Wildman–Crippen MR) is 72.5 cm³/mol. The van der Waals surface area contributed by atoms with E-state index in [0.717, 1.165) is 23.3 Å². The maximum Gasteiger partial charge on any atom is 0.126 e. The SMILES string of the molecule is COc1c(C)cc(Cl)cc1C(N)C(C)CCN. The molecule has 0 heterocycles. The van der Waals surface area contributed by atoms with Gasteiger partial charge < -0.3 is 16.2 Å². The van der Waals surface area contributed by atoms with E-state index < -0.39 is 0 Å². The fourth-order valence-electron chi connectivity index (χ4n) is 2.03. The topological polar surface area (TPSA) is 61.3 Å². The first kappa shape index (κ1) is 14.3. The zero-order valence-corrected chi connectivity index (χ0v) is 11.4. The Morgan fingerprint density at radius 3 is 2.59 bits per heavy atom. The zero-order valence-electron chi connectivity index (χ0n) is 10.7. The van der Waals surface area contributed by atoms with Crippen molar-refractivity contribution in [3.8, 4) is 5.75 Å². The summed E-state index contributed by atoms with van der Waals surface area (Å²) in [5.41, 5.74) is 13.8. The Bertz CT molecular complexity index is 382. The third-order valence-electron chi connectivity index (χ3n) is 3.07. The van der Waals surface area contributed by atoms with Crippen molar-refractivity contribution < 1.29 is 4.74 Å². The lowest BCUT2D eigenvalue weighted by atomic mass is 9.91. The highest BCUT2D eigenvalue weighted by Crippen LogP contribution is 2.34. The minimum Gasteiger partial charge on any atom is -0.496 e. The van der Waals surface area contributed by atoms with Gasteiger partial charge in [-0.3, -0.25) is 0 Å². The van der Waals surface area contributed by atoms with Crippen LogP contribution in [0.4, 0.5) is 0 Å². The maximum atomic E-state index is 6.24. The van der Waals surface area contributed by atoms with Gasteiger partial charge in [0.25, 0.3) is 0 Å². The van der Waals surface area contributed by atoms with Crippen LogP contribution in [0.1, 0.15) is 30.5 Å². The first-order valence-electron chi connectivity index (χ1n) is 5.81. The second-order valence-corrected chi connectivity index (χ2v) is 4.86. The van der Waals surface area contributed by atoms with Gasteiger partial charge in [-0.15, -0.1) is 0 Å². The van der Waals surface area contributed by atoms with Crippen LogP contribution in [-0.4, -0.2) is 13.7 Å². The third-order valence-corrected chi connectivity index (χ3v) is 3.28. The van der Waals surface area contributed by atoms with Crippen molar-refractivity contribution in [2.75, 3.05) is 13.7 Å². The van der Waals surface area contributed by atoms with Gasteiger partial charge >= 0.3 is 0 Å². The molecule has 96 valence electrons. The number of rotatable bonds is 5. The minimum atomic E-state index is -0.106. The largest absolute Gasteiger partial charge is 0.496 e. The number of nitrogens with two attached hydrogens (primary N) is 2. The van der Waals surface area contributed by atoms with Crippen molar-refractivity contribution >= 4 is 11.6 Å². The van der Waals surface area contributed by atoms with Crippen LogP contribution in [0.2, 0.25) is 5.02 Å². The monoisotopic (exact) mass is 256 g/mol. The molecule has 1 aromatic rings. The van der Waals surface area contributed by atoms with Crippen molar-refractivity contribution in [1.82, 2.24) is 0 Å². The van der Waals surface area contributed by atoms with Gasteiger partial charge in [0.15, 0.2) is 0 Å². The third kappa shape index (κ3) is 3.35. The van der Waals surface area contributed by atoms with E-state index in [2.05, 4.69) is 6.92 Å². The van der Waals surface area contributed by atoms with Crippen LogP contribution in [0.3, 0.4) is 0 Å². The smallest absolute Gasteiger partial charge is 0.126 e. The molecule has 2 atom stereocenters. The first-order valence-corrected chi connectivity index (χ1v) is 6.18. The normalized spacial score (nSPS) is 14.5. The van der Waals surface area contributed by atoms with Gasteiger partial charge in [-0.05, 0) is 43.5 Å². The fraction of sp³-hybridized carbons (Fsp3) is 0.538. The highest BCUT2D eigenvalue weighted by Gasteiger charge is 2.20. The molecule has 0 amide bonds. The Hall–Kier alpha value is -0.770. The molecular weight excluding hydrogens is 236 g/mol. The van der Waals surface area contributed by atoms with E-state index in [0.29, 0.717) is 17.5 Å². The van der Waals surface area contributed by atoms with E-state index in [9.17, 15) is 0 Å². The van der Waals surface area contributed by atoms with Gasteiger partial charge in [-0.25, -0.2) is 0 Å². The number of hydrogen-bond donors (Lipinski definition) is 2. The number of benzene rings is 1. The van der Waals surface area contributed by atoms with Crippen molar-refractivity contribution in [3.63, 3.8) is 0 Å². The second kappa shape index (κ2) is 6.24. The number of halogens is 1. The number of aryl methyl sites for hydroxylation is 1. The van der Waals surface area contributed by atoms with E-state index in [4.69, 9.17) is 27.8 Å². The fourth-order valence-corrected chi connectivity index (χ4v) is 2.31. The lowest BCUT2D eigenvalue weighted by Gasteiger charge is -2.23. The maximum absolute atomic E-state index is 6.24. The van der Waals surface area contributed by atoms with Crippen molar-refractivity contribution in [1.29, 1.82) is 0 Å². The summed E-state index contributed by atoms with van der Waals surface area (Å²) < 4.78 is 5.41. The minimum absolute atomic E-state index is 0.106. The van der Waals surface area contributed by atoms with Gasteiger partial charge in [0.2, 0.25) is 0 Å². The van der Waals surface area contributed by atoms with Crippen molar-refractivity contribution in [2.45, 2.75) is 26.3 Å². The number of ether oxygens (including phenoxy) is 1. The Labute approximate surface area is 108 Å². The molecular formula is C13H21ClN2O.